The van der Waals surface area contributed by atoms with Gasteiger partial charge >= 0.3 is 12.1 Å². The van der Waals surface area contributed by atoms with Crippen molar-refractivity contribution < 1.29 is 38.0 Å². The second-order valence-electron chi connectivity index (χ2n) is 19.8. The number of hydrogen-bond acceptors (Lipinski definition) is 14. The van der Waals surface area contributed by atoms with E-state index in [0.29, 0.717) is 145 Å². The molecule has 2 aromatic heterocycles. The summed E-state index contributed by atoms with van der Waals surface area (Å²) in [6.07, 6.45) is 4.41. The quantitative estimate of drug-likeness (QED) is 0.0294. The number of amides is 4. The lowest BCUT2D eigenvalue weighted by Gasteiger charge is -2.33. The number of aromatic nitrogens is 6. The number of nitrogens with one attached hydrogen (secondary N) is 4. The van der Waals surface area contributed by atoms with Crippen molar-refractivity contribution in [2.75, 3.05) is 133 Å². The van der Waals surface area contributed by atoms with Crippen LogP contribution in [0, 0.1) is 0 Å². The van der Waals surface area contributed by atoms with Crippen LogP contribution in [0.3, 0.4) is 0 Å². The molecular formula is C57H73Cl5N12O8. The van der Waals surface area contributed by atoms with Crippen LogP contribution in [-0.4, -0.2) is 184 Å². The monoisotopic (exact) mass is 1230 g/mol. The molecule has 0 saturated carbocycles. The van der Waals surface area contributed by atoms with Crippen LogP contribution in [0.4, 0.5) is 9.59 Å². The molecule has 0 fully saturated rings. The third-order valence-corrected chi connectivity index (χ3v) is 14.7. The molecule has 0 bridgehead atoms. The summed E-state index contributed by atoms with van der Waals surface area (Å²) in [6.45, 7) is 10.8. The van der Waals surface area contributed by atoms with Gasteiger partial charge in [-0.3, -0.25) is 0 Å². The van der Waals surface area contributed by atoms with Crippen LogP contribution >= 0.6 is 58.8 Å². The highest BCUT2D eigenvalue weighted by atomic mass is 35.5. The first-order valence-electron chi connectivity index (χ1n) is 27.3. The maximum atomic E-state index is 12.1. The van der Waals surface area contributed by atoms with E-state index in [-0.39, 0.29) is 36.3 Å². The fraction of sp³-hybridized carbons (Fsp3) is 0.474. The number of halogens is 5. The first-order chi connectivity index (χ1) is 39.5. The molecule has 4 aromatic carbocycles. The zero-order chi connectivity index (χ0) is 56.8. The van der Waals surface area contributed by atoms with Crippen molar-refractivity contribution in [3.63, 3.8) is 0 Å². The predicted molar refractivity (Wildman–Crippen MR) is 320 cm³/mol. The fourth-order valence-corrected chi connectivity index (χ4v) is 10.8. The van der Waals surface area contributed by atoms with Gasteiger partial charge in [0, 0.05) is 95.4 Å². The third-order valence-electron chi connectivity index (χ3n) is 13.6. The molecule has 4 heterocycles. The number of urea groups is 2. The van der Waals surface area contributed by atoms with E-state index in [9.17, 15) is 9.59 Å². The second-order valence-corrected chi connectivity index (χ2v) is 21.5. The van der Waals surface area contributed by atoms with Gasteiger partial charge in [-0.15, -0.1) is 22.6 Å². The highest BCUT2D eigenvalue weighted by Gasteiger charge is 2.29. The van der Waals surface area contributed by atoms with Gasteiger partial charge in [-0.05, 0) is 90.3 Å². The first kappa shape index (κ1) is 64.4. The van der Waals surface area contributed by atoms with Gasteiger partial charge in [0.05, 0.1) is 105 Å². The average Bonchev–Trinajstić information content (AvgIpc) is 4.28. The van der Waals surface area contributed by atoms with Gasteiger partial charge in [-0.1, -0.05) is 93.2 Å². The molecule has 4 N–H and O–H groups in total. The number of hydrogen-bond donors (Lipinski definition) is 4. The lowest BCUT2D eigenvalue weighted by Crippen LogP contribution is -2.40. The molecule has 20 nitrogen and oxygen atoms in total. The molecule has 444 valence electrons. The Morgan fingerprint density at radius 2 is 0.890 bits per heavy atom. The molecule has 2 atom stereocenters. The Balaban J connectivity index is 0.00000968. The normalized spacial score (nSPS) is 15.1. The number of carbonyl (C=O) groups is 2. The molecule has 0 spiro atoms. The number of likely N-dealkylation sites (N-methyl/N-ethyl adjacent to an activating group) is 2. The maximum Gasteiger partial charge on any atom is 0.314 e. The molecule has 25 heteroatoms. The van der Waals surface area contributed by atoms with E-state index in [1.807, 2.05) is 60.9 Å². The molecule has 0 unspecified atom stereocenters. The topological polar surface area (TPSA) is 206 Å². The van der Waals surface area contributed by atoms with Crippen molar-refractivity contribution in [2.45, 2.75) is 44.4 Å². The minimum Gasteiger partial charge on any atom is -0.377 e. The molecule has 0 radical (unpaired) electrons. The largest absolute Gasteiger partial charge is 0.377 e. The number of nitrogens with zero attached hydrogens (tertiary/aromatic N) is 8. The molecule has 2 aliphatic rings. The van der Waals surface area contributed by atoms with Gasteiger partial charge in [0.2, 0.25) is 0 Å². The predicted octanol–water partition coefficient (Wildman–Crippen LogP) is 8.18. The summed E-state index contributed by atoms with van der Waals surface area (Å²) in [5.41, 5.74) is 10.4. The number of ether oxygens (including phenoxy) is 6. The summed E-state index contributed by atoms with van der Waals surface area (Å²) in [4.78, 5) is 28.8. The van der Waals surface area contributed by atoms with Crippen molar-refractivity contribution >= 4 is 70.9 Å². The van der Waals surface area contributed by atoms with Crippen molar-refractivity contribution in [1.29, 1.82) is 0 Å². The van der Waals surface area contributed by atoms with Gasteiger partial charge in [0.15, 0.2) is 0 Å². The van der Waals surface area contributed by atoms with E-state index >= 15 is 0 Å². The van der Waals surface area contributed by atoms with Crippen LogP contribution in [0.5, 0.6) is 0 Å². The summed E-state index contributed by atoms with van der Waals surface area (Å²) < 4.78 is 37.4. The zero-order valence-electron chi connectivity index (χ0n) is 46.3. The lowest BCUT2D eigenvalue weighted by atomic mass is 9.84. The Morgan fingerprint density at radius 3 is 1.30 bits per heavy atom. The van der Waals surface area contributed by atoms with Crippen LogP contribution in [0.15, 0.2) is 85.2 Å². The number of rotatable bonds is 32. The molecule has 82 heavy (non-hydrogen) atoms. The highest BCUT2D eigenvalue weighted by molar-refractivity contribution is 6.35. The van der Waals surface area contributed by atoms with E-state index in [1.54, 1.807) is 9.36 Å². The summed E-state index contributed by atoms with van der Waals surface area (Å²) in [5.74, 6) is 0.265. The average molecular weight is 1230 g/mol. The van der Waals surface area contributed by atoms with Gasteiger partial charge in [-0.25, -0.2) is 19.0 Å². The minimum absolute atomic E-state index is 0. The second kappa shape index (κ2) is 34.0. The lowest BCUT2D eigenvalue weighted by molar-refractivity contribution is 0.0135. The van der Waals surface area contributed by atoms with Crippen LogP contribution in [0.25, 0.3) is 22.5 Å². The fourth-order valence-electron chi connectivity index (χ4n) is 9.66. The van der Waals surface area contributed by atoms with Crippen LogP contribution < -0.4 is 21.3 Å². The van der Waals surface area contributed by atoms with Crippen molar-refractivity contribution in [2.24, 2.45) is 0 Å². The summed E-state index contributed by atoms with van der Waals surface area (Å²) >= 11 is 26.0. The zero-order valence-corrected chi connectivity index (χ0v) is 50.1. The van der Waals surface area contributed by atoms with Gasteiger partial charge < -0.3 is 59.5 Å². The van der Waals surface area contributed by atoms with E-state index in [1.165, 1.54) is 11.1 Å². The molecule has 0 saturated heterocycles. The number of benzene rings is 4. The SMILES string of the molecule is CN1Cc2c(Cl)cc(Cl)cc2[C@H](c2cccc(-c3cn(CCOCCOCCOCCNC(=O)NCCCNC(=O)NCCOCCOCCOCCn4cc(-c5cccc([C@@H]6CN(C)Cc7c(Cl)cc(Cl)cc76)c5)nn4)nn3)c2)C1.Cl. The van der Waals surface area contributed by atoms with E-state index in [4.69, 9.17) is 74.8 Å². The van der Waals surface area contributed by atoms with Crippen molar-refractivity contribution in [1.82, 2.24) is 61.1 Å². The van der Waals surface area contributed by atoms with E-state index in [2.05, 4.69) is 90.1 Å². The smallest absolute Gasteiger partial charge is 0.314 e. The van der Waals surface area contributed by atoms with Gasteiger partial charge in [0.25, 0.3) is 0 Å². The summed E-state index contributed by atoms with van der Waals surface area (Å²) in [5, 5.41) is 31.2. The Kier molecular flexibility index (Phi) is 26.7. The van der Waals surface area contributed by atoms with Crippen molar-refractivity contribution in [3.8, 4) is 22.5 Å². The summed E-state index contributed by atoms with van der Waals surface area (Å²) in [7, 11) is 4.20. The van der Waals surface area contributed by atoms with Crippen LogP contribution in [-0.2, 0) is 54.6 Å². The molecule has 2 aliphatic heterocycles. The third kappa shape index (κ3) is 20.0. The Bertz CT molecular complexity index is 2760. The molecule has 4 amide bonds. The van der Waals surface area contributed by atoms with E-state index in [0.717, 1.165) is 70.9 Å². The molecular weight excluding hydrogens is 1160 g/mol. The van der Waals surface area contributed by atoms with Crippen molar-refractivity contribution in [3.05, 3.63) is 139 Å². The first-order valence-corrected chi connectivity index (χ1v) is 28.8. The minimum atomic E-state index is -0.308. The number of carbonyl (C=O) groups excluding carboxylic acids is 2. The molecule has 8 rings (SSSR count). The van der Waals surface area contributed by atoms with Crippen LogP contribution in [0.1, 0.15) is 51.6 Å². The molecule has 0 aliphatic carbocycles. The highest BCUT2D eigenvalue weighted by Crippen LogP contribution is 2.41. The van der Waals surface area contributed by atoms with Gasteiger partial charge in [0.1, 0.15) is 11.4 Å². The van der Waals surface area contributed by atoms with E-state index < -0.39 is 0 Å². The Morgan fingerprint density at radius 1 is 0.512 bits per heavy atom. The van der Waals surface area contributed by atoms with Crippen LogP contribution in [0.2, 0.25) is 20.1 Å². The Hall–Kier alpha value is -5.17. The number of fused-ring (bicyclic) bond motifs is 2. The summed E-state index contributed by atoms with van der Waals surface area (Å²) in [6, 6.07) is 23.9. The molecule has 6 aromatic rings. The van der Waals surface area contributed by atoms with Gasteiger partial charge in [-0.2, -0.15) is 0 Å². The Labute approximate surface area is 505 Å². The standard InChI is InChI=1S/C57H72Cl4N12O8.ClH/c1-70-34-48(46-30-44(58)32-52(60)50(46)36-70)40-6-3-8-42(28-40)54-38-72(68-66-54)14-18-78-22-26-80-24-20-76-16-12-64-56(74)62-10-5-11-63-57(75)65-13-17-77-21-25-81-27-23-79-19-15-73-39-55(67-69-73)43-9-4-7-41(29-43)49-35-71(2)37-51-47(49)31-45(59)33-53(51)61;/h3-4,6-9,28-33,38-39,48-49H,5,10-27,34-37H2,1-2H3,(H2,62,64,74)(H2,63,65,75);1H/t48-,49-;/m0./s1. The maximum absolute atomic E-state index is 12.1.